The second kappa shape index (κ2) is 4.97. The lowest BCUT2D eigenvalue weighted by molar-refractivity contribution is -0.00602. The van der Waals surface area contributed by atoms with Crippen LogP contribution in [0.1, 0.15) is 22.4 Å². The summed E-state index contributed by atoms with van der Waals surface area (Å²) in [7, 11) is 0. The molecule has 7 nitrogen and oxygen atoms in total. The van der Waals surface area contributed by atoms with Crippen molar-refractivity contribution < 1.29 is 14.1 Å². The monoisotopic (exact) mass is 304 g/mol. The van der Waals surface area contributed by atoms with Gasteiger partial charge >= 0.3 is 0 Å². The second-order valence-corrected chi connectivity index (χ2v) is 5.68. The molecule has 21 heavy (non-hydrogen) atoms. The number of fused-ring (bicyclic) bond motifs is 1. The zero-order chi connectivity index (χ0) is 14.2. The number of morpholine rings is 1. The number of carbonyl (C=O) groups excluding carboxylic acids is 1. The summed E-state index contributed by atoms with van der Waals surface area (Å²) >= 11 is 1.58. The van der Waals surface area contributed by atoms with Crippen molar-refractivity contribution in [3.63, 3.8) is 0 Å². The maximum Gasteiger partial charge on any atom is 0.271 e. The number of nitrogens with zero attached hydrogens (tertiary/aromatic N) is 3. The third-order valence-electron chi connectivity index (χ3n) is 3.54. The molecule has 4 heterocycles. The molecule has 3 aromatic rings. The molecule has 108 valence electrons. The van der Waals surface area contributed by atoms with Gasteiger partial charge in [-0.3, -0.25) is 4.79 Å². The van der Waals surface area contributed by atoms with Crippen molar-refractivity contribution in [2.45, 2.75) is 6.04 Å². The lowest BCUT2D eigenvalue weighted by Crippen LogP contribution is -2.44. The predicted molar refractivity (Wildman–Crippen MR) is 75.1 cm³/mol. The minimum Gasteiger partial charge on any atom is -0.377 e. The summed E-state index contributed by atoms with van der Waals surface area (Å²) in [5.74, 6) is 0.396. The number of carbonyl (C=O) groups is 1. The van der Waals surface area contributed by atoms with Gasteiger partial charge in [0.2, 0.25) is 6.39 Å². The van der Waals surface area contributed by atoms with E-state index in [0.717, 1.165) is 10.2 Å². The van der Waals surface area contributed by atoms with Gasteiger partial charge < -0.3 is 19.1 Å². The molecule has 3 aromatic heterocycles. The van der Waals surface area contributed by atoms with Crippen LogP contribution in [0.25, 0.3) is 10.2 Å². The first kappa shape index (κ1) is 12.5. The standard InChI is InChI=1S/C13H12N4O3S/c18-13(9-5-8-1-4-21-12(8)15-9)17-2-3-19-6-10(17)11-14-7-20-16-11/h1,4-5,7,10,15H,2-3,6H2. The van der Waals surface area contributed by atoms with Crippen LogP contribution in [-0.4, -0.2) is 45.7 Å². The van der Waals surface area contributed by atoms with Crippen LogP contribution >= 0.6 is 11.3 Å². The highest BCUT2D eigenvalue weighted by atomic mass is 32.1. The van der Waals surface area contributed by atoms with Crippen LogP contribution in [0.3, 0.4) is 0 Å². The van der Waals surface area contributed by atoms with Crippen LogP contribution in [0.15, 0.2) is 28.4 Å². The van der Waals surface area contributed by atoms with E-state index < -0.39 is 0 Å². The van der Waals surface area contributed by atoms with Gasteiger partial charge in [0.05, 0.1) is 13.2 Å². The fourth-order valence-electron chi connectivity index (χ4n) is 2.50. The summed E-state index contributed by atoms with van der Waals surface area (Å²) in [6.45, 7) is 1.39. The van der Waals surface area contributed by atoms with Crippen LogP contribution in [0.4, 0.5) is 0 Å². The number of ether oxygens (including phenoxy) is 1. The quantitative estimate of drug-likeness (QED) is 0.780. The van der Waals surface area contributed by atoms with Crippen LogP contribution < -0.4 is 0 Å². The highest BCUT2D eigenvalue weighted by Crippen LogP contribution is 2.26. The normalized spacial score (nSPS) is 19.2. The van der Waals surface area contributed by atoms with Crippen molar-refractivity contribution in [2.24, 2.45) is 0 Å². The smallest absolute Gasteiger partial charge is 0.271 e. The third kappa shape index (κ3) is 2.12. The van der Waals surface area contributed by atoms with Gasteiger partial charge in [0.25, 0.3) is 5.91 Å². The molecule has 0 aromatic carbocycles. The molecule has 0 bridgehead atoms. The van der Waals surface area contributed by atoms with E-state index in [1.54, 1.807) is 16.2 Å². The third-order valence-corrected chi connectivity index (χ3v) is 4.39. The van der Waals surface area contributed by atoms with Gasteiger partial charge in [-0.1, -0.05) is 5.16 Å². The number of rotatable bonds is 2. The number of nitrogens with one attached hydrogen (secondary N) is 1. The molecule has 1 fully saturated rings. The summed E-state index contributed by atoms with van der Waals surface area (Å²) in [6, 6.07) is 3.55. The van der Waals surface area contributed by atoms with E-state index in [2.05, 4.69) is 15.1 Å². The van der Waals surface area contributed by atoms with Crippen molar-refractivity contribution in [1.82, 2.24) is 20.0 Å². The number of aromatic nitrogens is 3. The molecule has 1 unspecified atom stereocenters. The minimum atomic E-state index is -0.314. The summed E-state index contributed by atoms with van der Waals surface area (Å²) in [5, 5.41) is 6.87. The van der Waals surface area contributed by atoms with E-state index >= 15 is 0 Å². The first-order valence-corrected chi connectivity index (χ1v) is 7.42. The van der Waals surface area contributed by atoms with E-state index in [1.165, 1.54) is 6.39 Å². The number of amides is 1. The van der Waals surface area contributed by atoms with Crippen molar-refractivity contribution in [1.29, 1.82) is 0 Å². The Balaban J connectivity index is 1.66. The SMILES string of the molecule is O=C(c1cc2ccsc2[nH]1)N1CCOCC1c1ncon1. The Morgan fingerprint density at radius 2 is 2.48 bits per heavy atom. The first-order chi connectivity index (χ1) is 10.3. The van der Waals surface area contributed by atoms with Gasteiger partial charge in [-0.15, -0.1) is 11.3 Å². The zero-order valence-electron chi connectivity index (χ0n) is 11.0. The van der Waals surface area contributed by atoms with E-state index in [0.29, 0.717) is 31.3 Å². The Hall–Kier alpha value is -2.19. The Kier molecular flexibility index (Phi) is 2.97. The summed E-state index contributed by atoms with van der Waals surface area (Å²) in [6.07, 6.45) is 1.26. The van der Waals surface area contributed by atoms with Crippen molar-refractivity contribution in [2.75, 3.05) is 19.8 Å². The van der Waals surface area contributed by atoms with Crippen LogP contribution in [0, 0.1) is 0 Å². The number of hydrogen-bond acceptors (Lipinski definition) is 6. The van der Waals surface area contributed by atoms with E-state index in [-0.39, 0.29) is 11.9 Å². The van der Waals surface area contributed by atoms with E-state index in [4.69, 9.17) is 9.26 Å². The summed E-state index contributed by atoms with van der Waals surface area (Å²) < 4.78 is 10.2. The summed E-state index contributed by atoms with van der Waals surface area (Å²) in [4.78, 5) is 22.7. The number of H-pyrrole nitrogens is 1. The molecule has 8 heteroatoms. The zero-order valence-corrected chi connectivity index (χ0v) is 11.8. The molecule has 1 amide bonds. The van der Waals surface area contributed by atoms with Gasteiger partial charge in [0.15, 0.2) is 5.82 Å². The molecule has 0 spiro atoms. The van der Waals surface area contributed by atoms with E-state index in [1.807, 2.05) is 17.5 Å². The number of aromatic amines is 1. The minimum absolute atomic E-state index is 0.0727. The summed E-state index contributed by atoms with van der Waals surface area (Å²) in [5.41, 5.74) is 0.576. The number of thiophene rings is 1. The molecule has 0 saturated carbocycles. The van der Waals surface area contributed by atoms with Crippen LogP contribution in [0.5, 0.6) is 0 Å². The average molecular weight is 304 g/mol. The van der Waals surface area contributed by atoms with Gasteiger partial charge in [-0.2, -0.15) is 4.98 Å². The van der Waals surface area contributed by atoms with Crippen LogP contribution in [-0.2, 0) is 4.74 Å². The molecule has 1 atom stereocenters. The largest absolute Gasteiger partial charge is 0.377 e. The molecule has 1 aliphatic rings. The van der Waals surface area contributed by atoms with Gasteiger partial charge in [0.1, 0.15) is 16.6 Å². The Labute approximate surface area is 123 Å². The molecule has 4 rings (SSSR count). The molecule has 1 aliphatic heterocycles. The van der Waals surface area contributed by atoms with Crippen molar-refractivity contribution in [3.8, 4) is 0 Å². The lowest BCUT2D eigenvalue weighted by atomic mass is 10.2. The highest BCUT2D eigenvalue weighted by molar-refractivity contribution is 7.16. The average Bonchev–Trinajstić information content (AvgIpc) is 3.22. The molecular weight excluding hydrogens is 292 g/mol. The van der Waals surface area contributed by atoms with E-state index in [9.17, 15) is 4.79 Å². The first-order valence-electron chi connectivity index (χ1n) is 6.54. The van der Waals surface area contributed by atoms with Crippen LogP contribution in [0.2, 0.25) is 0 Å². The molecule has 0 aliphatic carbocycles. The molecule has 1 N–H and O–H groups in total. The molecular formula is C13H12N4O3S. The maximum absolute atomic E-state index is 12.7. The maximum atomic E-state index is 12.7. The van der Waals surface area contributed by atoms with Gasteiger partial charge in [-0.25, -0.2) is 0 Å². The number of hydrogen-bond donors (Lipinski definition) is 1. The Bertz CT molecular complexity index is 735. The van der Waals surface area contributed by atoms with Crippen molar-refractivity contribution >= 4 is 27.5 Å². The Morgan fingerprint density at radius 3 is 3.29 bits per heavy atom. The topological polar surface area (TPSA) is 84.2 Å². The fourth-order valence-corrected chi connectivity index (χ4v) is 3.29. The van der Waals surface area contributed by atoms with Crippen molar-refractivity contribution in [3.05, 3.63) is 35.4 Å². The van der Waals surface area contributed by atoms with Gasteiger partial charge in [0, 0.05) is 11.9 Å². The predicted octanol–water partition coefficient (Wildman–Crippen LogP) is 1.83. The molecule has 1 saturated heterocycles. The fraction of sp³-hybridized carbons (Fsp3) is 0.308. The second-order valence-electron chi connectivity index (χ2n) is 4.77. The molecule has 0 radical (unpaired) electrons. The van der Waals surface area contributed by atoms with Gasteiger partial charge in [-0.05, 0) is 17.5 Å². The lowest BCUT2D eigenvalue weighted by Gasteiger charge is -2.33. The highest BCUT2D eigenvalue weighted by Gasteiger charge is 2.32. The Morgan fingerprint density at radius 1 is 1.52 bits per heavy atom.